The van der Waals surface area contributed by atoms with E-state index >= 15 is 0 Å². The average molecular weight is 332 g/mol. The fourth-order valence-electron chi connectivity index (χ4n) is 2.86. The van der Waals surface area contributed by atoms with Gasteiger partial charge in [0.25, 0.3) is 5.91 Å². The number of nitrogens with zero attached hydrogens (tertiary/aromatic N) is 2. The van der Waals surface area contributed by atoms with Crippen LogP contribution in [-0.2, 0) is 20.9 Å². The van der Waals surface area contributed by atoms with Gasteiger partial charge in [-0.15, -0.1) is 0 Å². The molecule has 0 aromatic heterocycles. The summed E-state index contributed by atoms with van der Waals surface area (Å²) in [5.41, 5.74) is 0.919. The molecule has 0 aliphatic carbocycles. The maximum Gasteiger partial charge on any atom is 0.252 e. The van der Waals surface area contributed by atoms with Crippen LogP contribution in [0.15, 0.2) is 24.3 Å². The zero-order valence-corrected chi connectivity index (χ0v) is 14.6. The van der Waals surface area contributed by atoms with Gasteiger partial charge in [-0.25, -0.2) is 0 Å². The van der Waals surface area contributed by atoms with E-state index in [9.17, 15) is 14.4 Å². The number of imide groups is 1. The van der Waals surface area contributed by atoms with Crippen LogP contribution in [0.3, 0.4) is 0 Å². The second-order valence-electron chi connectivity index (χ2n) is 6.46. The third-order valence-corrected chi connectivity index (χ3v) is 4.13. The van der Waals surface area contributed by atoms with Crippen molar-refractivity contribution in [2.75, 3.05) is 13.7 Å². The Morgan fingerprint density at radius 1 is 1.25 bits per heavy atom. The summed E-state index contributed by atoms with van der Waals surface area (Å²) < 4.78 is 5.13. The van der Waals surface area contributed by atoms with Gasteiger partial charge in [-0.3, -0.25) is 19.3 Å². The van der Waals surface area contributed by atoms with Crippen molar-refractivity contribution in [3.05, 3.63) is 29.8 Å². The van der Waals surface area contributed by atoms with E-state index in [-0.39, 0.29) is 30.2 Å². The molecule has 1 unspecified atom stereocenters. The van der Waals surface area contributed by atoms with Crippen LogP contribution in [0.4, 0.5) is 0 Å². The lowest BCUT2D eigenvalue weighted by Gasteiger charge is -2.39. The first-order valence-corrected chi connectivity index (χ1v) is 8.07. The molecule has 1 aromatic rings. The van der Waals surface area contributed by atoms with Gasteiger partial charge >= 0.3 is 0 Å². The van der Waals surface area contributed by atoms with Gasteiger partial charge in [0.05, 0.1) is 7.11 Å². The number of carbonyl (C=O) groups excluding carboxylic acids is 3. The van der Waals surface area contributed by atoms with Crippen molar-refractivity contribution >= 4 is 17.7 Å². The first kappa shape index (κ1) is 18.0. The summed E-state index contributed by atoms with van der Waals surface area (Å²) in [6.07, 6.45) is 0.532. The van der Waals surface area contributed by atoms with E-state index in [4.69, 9.17) is 4.74 Å². The maximum atomic E-state index is 12.6. The van der Waals surface area contributed by atoms with E-state index in [1.54, 1.807) is 12.0 Å². The Morgan fingerprint density at radius 2 is 1.88 bits per heavy atom. The SMILES string of the molecule is COc1ccc(CN2C(=O)CN(C(C)=O)C(=O)C2CC(C)C)cc1. The Bertz CT molecular complexity index is 624. The number of piperazine rings is 1. The monoisotopic (exact) mass is 332 g/mol. The van der Waals surface area contributed by atoms with E-state index in [0.717, 1.165) is 16.2 Å². The molecule has 2 rings (SSSR count). The number of amides is 3. The molecule has 1 heterocycles. The number of hydrogen-bond donors (Lipinski definition) is 0. The Balaban J connectivity index is 2.25. The molecule has 6 heteroatoms. The molecule has 1 aliphatic rings. The molecule has 0 radical (unpaired) electrons. The lowest BCUT2D eigenvalue weighted by Crippen LogP contribution is -2.60. The molecule has 0 spiro atoms. The fraction of sp³-hybridized carbons (Fsp3) is 0.500. The van der Waals surface area contributed by atoms with Gasteiger partial charge in [-0.2, -0.15) is 0 Å². The van der Waals surface area contributed by atoms with Crippen LogP contribution in [0.2, 0.25) is 0 Å². The highest BCUT2D eigenvalue weighted by Crippen LogP contribution is 2.23. The second kappa shape index (κ2) is 7.47. The topological polar surface area (TPSA) is 66.9 Å². The normalized spacial score (nSPS) is 18.3. The van der Waals surface area contributed by atoms with E-state index in [1.165, 1.54) is 6.92 Å². The van der Waals surface area contributed by atoms with Crippen LogP contribution in [0.5, 0.6) is 5.75 Å². The predicted molar refractivity (Wildman–Crippen MR) is 89.2 cm³/mol. The Kier molecular flexibility index (Phi) is 5.59. The van der Waals surface area contributed by atoms with Crippen LogP contribution < -0.4 is 4.74 Å². The van der Waals surface area contributed by atoms with Crippen LogP contribution >= 0.6 is 0 Å². The third kappa shape index (κ3) is 3.93. The quantitative estimate of drug-likeness (QED) is 0.825. The zero-order valence-electron chi connectivity index (χ0n) is 14.6. The number of rotatable bonds is 5. The minimum Gasteiger partial charge on any atom is -0.497 e. The lowest BCUT2D eigenvalue weighted by molar-refractivity contribution is -0.162. The highest BCUT2D eigenvalue weighted by molar-refractivity contribution is 6.04. The van der Waals surface area contributed by atoms with Gasteiger partial charge in [-0.05, 0) is 30.0 Å². The Labute approximate surface area is 142 Å². The lowest BCUT2D eigenvalue weighted by atomic mass is 9.98. The molecule has 6 nitrogen and oxygen atoms in total. The number of benzene rings is 1. The summed E-state index contributed by atoms with van der Waals surface area (Å²) in [7, 11) is 1.59. The first-order chi connectivity index (χ1) is 11.3. The van der Waals surface area contributed by atoms with E-state index in [0.29, 0.717) is 13.0 Å². The number of methoxy groups -OCH3 is 1. The molecular weight excluding hydrogens is 308 g/mol. The summed E-state index contributed by atoms with van der Waals surface area (Å²) in [5.74, 6) is 0.0973. The van der Waals surface area contributed by atoms with Crippen molar-refractivity contribution < 1.29 is 19.1 Å². The van der Waals surface area contributed by atoms with E-state index in [1.807, 2.05) is 38.1 Å². The van der Waals surface area contributed by atoms with Crippen molar-refractivity contribution in [2.45, 2.75) is 39.8 Å². The zero-order chi connectivity index (χ0) is 17.9. The molecule has 0 N–H and O–H groups in total. The second-order valence-corrected chi connectivity index (χ2v) is 6.46. The van der Waals surface area contributed by atoms with Gasteiger partial charge in [0.2, 0.25) is 11.8 Å². The van der Waals surface area contributed by atoms with Crippen LogP contribution in [0.25, 0.3) is 0 Å². The van der Waals surface area contributed by atoms with Gasteiger partial charge < -0.3 is 9.64 Å². The van der Waals surface area contributed by atoms with Gasteiger partial charge in [0.1, 0.15) is 18.3 Å². The number of ether oxygens (including phenoxy) is 1. The molecular formula is C18H24N2O4. The molecule has 1 aromatic carbocycles. The van der Waals surface area contributed by atoms with Crippen LogP contribution in [0.1, 0.15) is 32.8 Å². The van der Waals surface area contributed by atoms with E-state index in [2.05, 4.69) is 0 Å². The maximum absolute atomic E-state index is 12.6. The Morgan fingerprint density at radius 3 is 2.38 bits per heavy atom. The van der Waals surface area contributed by atoms with Crippen molar-refractivity contribution in [2.24, 2.45) is 5.92 Å². The summed E-state index contributed by atoms with van der Waals surface area (Å²) in [4.78, 5) is 39.5. The number of hydrogen-bond acceptors (Lipinski definition) is 4. The van der Waals surface area contributed by atoms with Crippen molar-refractivity contribution in [1.29, 1.82) is 0 Å². The average Bonchev–Trinajstić information content (AvgIpc) is 2.54. The molecule has 1 atom stereocenters. The van der Waals surface area contributed by atoms with Crippen molar-refractivity contribution in [3.8, 4) is 5.75 Å². The van der Waals surface area contributed by atoms with Gasteiger partial charge in [-0.1, -0.05) is 26.0 Å². The van der Waals surface area contributed by atoms with Gasteiger partial charge in [0, 0.05) is 13.5 Å². The molecule has 1 aliphatic heterocycles. The molecule has 1 fully saturated rings. The highest BCUT2D eigenvalue weighted by Gasteiger charge is 2.40. The molecule has 130 valence electrons. The standard InChI is InChI=1S/C18H24N2O4/c1-12(2)9-16-18(23)19(13(3)21)11-17(22)20(16)10-14-5-7-15(24-4)8-6-14/h5-8,12,16H,9-11H2,1-4H3. The molecule has 24 heavy (non-hydrogen) atoms. The van der Waals surface area contributed by atoms with Crippen molar-refractivity contribution in [1.82, 2.24) is 9.80 Å². The summed E-state index contributed by atoms with van der Waals surface area (Å²) in [6.45, 7) is 5.47. The van der Waals surface area contributed by atoms with Crippen LogP contribution in [-0.4, -0.2) is 47.2 Å². The summed E-state index contributed by atoms with van der Waals surface area (Å²) in [5, 5.41) is 0. The van der Waals surface area contributed by atoms with Crippen molar-refractivity contribution in [3.63, 3.8) is 0 Å². The predicted octanol–water partition coefficient (Wildman–Crippen LogP) is 1.83. The summed E-state index contributed by atoms with van der Waals surface area (Å²) >= 11 is 0. The molecule has 1 saturated heterocycles. The molecule has 0 saturated carbocycles. The van der Waals surface area contributed by atoms with Crippen LogP contribution in [0, 0.1) is 5.92 Å². The fourth-order valence-corrected chi connectivity index (χ4v) is 2.86. The minimum atomic E-state index is -0.600. The largest absolute Gasteiger partial charge is 0.497 e. The van der Waals surface area contributed by atoms with Gasteiger partial charge in [0.15, 0.2) is 0 Å². The smallest absolute Gasteiger partial charge is 0.252 e. The highest BCUT2D eigenvalue weighted by atomic mass is 16.5. The van der Waals surface area contributed by atoms with E-state index < -0.39 is 6.04 Å². The summed E-state index contributed by atoms with van der Waals surface area (Å²) in [6, 6.07) is 6.80. The minimum absolute atomic E-state index is 0.182. The first-order valence-electron chi connectivity index (χ1n) is 8.07. The Hall–Kier alpha value is -2.37. The number of carbonyl (C=O) groups is 3. The third-order valence-electron chi connectivity index (χ3n) is 4.13. The molecule has 0 bridgehead atoms. The molecule has 3 amide bonds.